The second kappa shape index (κ2) is 14.2. The summed E-state index contributed by atoms with van der Waals surface area (Å²) in [6, 6.07) is 14.1. The lowest BCUT2D eigenvalue weighted by Gasteiger charge is -2.35. The first-order chi connectivity index (χ1) is 18.5. The predicted octanol–water partition coefficient (Wildman–Crippen LogP) is 3.49. The number of benzene rings is 2. The van der Waals surface area contributed by atoms with Crippen LogP contribution in [0.5, 0.6) is 5.75 Å². The van der Waals surface area contributed by atoms with Gasteiger partial charge in [-0.1, -0.05) is 24.3 Å². The number of rotatable bonds is 7. The molecule has 2 aromatic carbocycles. The van der Waals surface area contributed by atoms with E-state index in [1.54, 1.807) is 17.0 Å². The van der Waals surface area contributed by atoms with Crippen LogP contribution in [0.25, 0.3) is 0 Å². The van der Waals surface area contributed by atoms with Crippen molar-refractivity contribution in [2.24, 2.45) is 0 Å². The van der Waals surface area contributed by atoms with Crippen LogP contribution in [0.15, 0.2) is 48.5 Å². The molecule has 0 aromatic heterocycles. The Morgan fingerprint density at radius 1 is 1.00 bits per heavy atom. The van der Waals surface area contributed by atoms with Gasteiger partial charge in [0.2, 0.25) is 5.91 Å². The first-order valence-corrected chi connectivity index (χ1v) is 13.4. The van der Waals surface area contributed by atoms with Gasteiger partial charge in [-0.05, 0) is 43.0 Å². The molecule has 1 fully saturated rings. The number of ether oxygens (including phenoxy) is 3. The Labute approximate surface area is 224 Å². The first kappa shape index (κ1) is 28.0. The molecule has 38 heavy (non-hydrogen) atoms. The number of halogens is 1. The van der Waals surface area contributed by atoms with Crippen LogP contribution in [0, 0.1) is 5.82 Å². The van der Waals surface area contributed by atoms with Crippen molar-refractivity contribution in [1.29, 1.82) is 0 Å². The Morgan fingerprint density at radius 3 is 2.61 bits per heavy atom. The van der Waals surface area contributed by atoms with Crippen LogP contribution in [0.3, 0.4) is 0 Å². The average Bonchev–Trinajstić information content (AvgIpc) is 2.96. The number of para-hydroxylation sites is 1. The van der Waals surface area contributed by atoms with Crippen molar-refractivity contribution in [3.8, 4) is 5.75 Å². The van der Waals surface area contributed by atoms with Crippen molar-refractivity contribution in [2.45, 2.75) is 38.3 Å². The van der Waals surface area contributed by atoms with Gasteiger partial charge in [-0.15, -0.1) is 0 Å². The number of carbonyl (C=O) groups excluding carboxylic acids is 2. The van der Waals surface area contributed by atoms with E-state index in [0.29, 0.717) is 31.4 Å². The van der Waals surface area contributed by atoms with Crippen LogP contribution in [-0.4, -0.2) is 87.4 Å². The molecule has 2 amide bonds. The van der Waals surface area contributed by atoms with Gasteiger partial charge in [0.25, 0.3) is 5.91 Å². The van der Waals surface area contributed by atoms with Gasteiger partial charge in [-0.25, -0.2) is 4.39 Å². The van der Waals surface area contributed by atoms with Crippen molar-refractivity contribution in [1.82, 2.24) is 9.80 Å². The second-order valence-electron chi connectivity index (χ2n) is 9.71. The lowest BCUT2D eigenvalue weighted by Crippen LogP contribution is -2.45. The fraction of sp³-hybridized carbons (Fsp3) is 0.517. The molecule has 2 aliphatic heterocycles. The molecule has 0 radical (unpaired) electrons. The third kappa shape index (κ3) is 7.75. The maximum absolute atomic E-state index is 13.5. The van der Waals surface area contributed by atoms with E-state index in [-0.39, 0.29) is 37.3 Å². The van der Waals surface area contributed by atoms with Gasteiger partial charge in [-0.2, -0.15) is 0 Å². The maximum Gasteiger partial charge on any atom is 0.252 e. The minimum atomic E-state index is -0.377. The summed E-state index contributed by atoms with van der Waals surface area (Å²) >= 11 is 0. The molecule has 2 aromatic rings. The Kier molecular flexibility index (Phi) is 10.5. The molecule has 0 bridgehead atoms. The molecule has 206 valence electrons. The Balaban J connectivity index is 1.54. The molecule has 1 saturated heterocycles. The number of nitrogens with zero attached hydrogens (tertiary/aromatic N) is 3. The van der Waals surface area contributed by atoms with Crippen molar-refractivity contribution < 1.29 is 28.2 Å². The van der Waals surface area contributed by atoms with E-state index in [2.05, 4.69) is 4.90 Å². The second-order valence-corrected chi connectivity index (χ2v) is 9.71. The largest absolute Gasteiger partial charge is 0.493 e. The minimum Gasteiger partial charge on any atom is -0.493 e. The van der Waals surface area contributed by atoms with Crippen LogP contribution in [0.1, 0.15) is 31.2 Å². The summed E-state index contributed by atoms with van der Waals surface area (Å²) in [6.45, 7) is 4.73. The van der Waals surface area contributed by atoms with Gasteiger partial charge in [0.05, 0.1) is 13.0 Å². The number of methoxy groups -OCH3 is 1. The molecule has 0 aliphatic carbocycles. The molecule has 2 heterocycles. The number of fused-ring (bicyclic) bond motifs is 1. The van der Waals surface area contributed by atoms with Gasteiger partial charge in [0, 0.05) is 70.8 Å². The zero-order chi connectivity index (χ0) is 26.7. The summed E-state index contributed by atoms with van der Waals surface area (Å²) in [5.74, 6) is -0.118. The van der Waals surface area contributed by atoms with E-state index in [4.69, 9.17) is 14.2 Å². The number of amides is 2. The molecule has 0 spiro atoms. The lowest BCUT2D eigenvalue weighted by atomic mass is 10.1. The molecule has 0 saturated carbocycles. The topological polar surface area (TPSA) is 71.6 Å². The van der Waals surface area contributed by atoms with Crippen LogP contribution >= 0.6 is 0 Å². The highest BCUT2D eigenvalue weighted by molar-refractivity contribution is 5.95. The maximum atomic E-state index is 13.5. The fourth-order valence-corrected chi connectivity index (χ4v) is 5.17. The average molecular weight is 528 g/mol. The zero-order valence-electron chi connectivity index (χ0n) is 22.1. The van der Waals surface area contributed by atoms with Crippen molar-refractivity contribution in [3.63, 3.8) is 0 Å². The zero-order valence-corrected chi connectivity index (χ0v) is 22.1. The first-order valence-electron chi connectivity index (χ1n) is 13.4. The number of anilines is 1. The lowest BCUT2D eigenvalue weighted by molar-refractivity contribution is -0.132. The highest BCUT2D eigenvalue weighted by Gasteiger charge is 2.26. The van der Waals surface area contributed by atoms with E-state index in [1.165, 1.54) is 19.2 Å². The molecule has 0 unspecified atom stereocenters. The van der Waals surface area contributed by atoms with E-state index in [1.807, 2.05) is 29.2 Å². The summed E-state index contributed by atoms with van der Waals surface area (Å²) in [5.41, 5.74) is 1.72. The summed E-state index contributed by atoms with van der Waals surface area (Å²) in [7, 11) is 1.52. The van der Waals surface area contributed by atoms with E-state index in [9.17, 15) is 14.0 Å². The van der Waals surface area contributed by atoms with Crippen LogP contribution in [-0.2, 0) is 25.6 Å². The van der Waals surface area contributed by atoms with E-state index < -0.39 is 0 Å². The van der Waals surface area contributed by atoms with Crippen LogP contribution in [0.4, 0.5) is 10.1 Å². The predicted molar refractivity (Wildman–Crippen MR) is 143 cm³/mol. The summed E-state index contributed by atoms with van der Waals surface area (Å²) < 4.78 is 29.9. The third-order valence-electron chi connectivity index (χ3n) is 7.14. The molecular formula is C29H38FN3O5. The third-order valence-corrected chi connectivity index (χ3v) is 7.14. The van der Waals surface area contributed by atoms with Gasteiger partial charge in [0.15, 0.2) is 0 Å². The highest BCUT2D eigenvalue weighted by atomic mass is 19.1. The van der Waals surface area contributed by atoms with Gasteiger partial charge < -0.3 is 24.0 Å². The number of hydrogen-bond acceptors (Lipinski definition) is 6. The molecule has 4 rings (SSSR count). The standard InChI is InChI=1S/C29H38FN3O5/c1-36-22-29(35)33-14-5-13-31(25-10-17-37-18-11-25)15-16-32(21-23-6-2-3-9-27(23)33)28(34)12-19-38-26-8-4-7-24(30)20-26/h2-4,6-9,20,25H,5,10-19,21-22H2,1H3. The summed E-state index contributed by atoms with van der Waals surface area (Å²) in [4.78, 5) is 32.6. The Hall–Kier alpha value is -3.01. The smallest absolute Gasteiger partial charge is 0.252 e. The van der Waals surface area contributed by atoms with Crippen molar-refractivity contribution in [2.75, 3.05) is 64.6 Å². The van der Waals surface area contributed by atoms with Crippen LogP contribution in [0.2, 0.25) is 0 Å². The highest BCUT2D eigenvalue weighted by Crippen LogP contribution is 2.25. The Bertz CT molecular complexity index is 1060. The summed E-state index contributed by atoms with van der Waals surface area (Å²) in [6.07, 6.45) is 2.91. The van der Waals surface area contributed by atoms with E-state index in [0.717, 1.165) is 56.8 Å². The SMILES string of the molecule is COCC(=O)N1CCCN(C2CCOCC2)CCN(C(=O)CCOc2cccc(F)c2)Cc2ccccc21. The molecule has 2 aliphatic rings. The number of hydrogen-bond donors (Lipinski definition) is 0. The molecule has 9 heteroatoms. The monoisotopic (exact) mass is 527 g/mol. The molecule has 0 N–H and O–H groups in total. The van der Waals surface area contributed by atoms with Gasteiger partial charge in [0.1, 0.15) is 18.2 Å². The quantitative estimate of drug-likeness (QED) is 0.549. The van der Waals surface area contributed by atoms with Crippen LogP contribution < -0.4 is 9.64 Å². The fourth-order valence-electron chi connectivity index (χ4n) is 5.17. The molecular weight excluding hydrogens is 489 g/mol. The normalized spacial score (nSPS) is 17.9. The van der Waals surface area contributed by atoms with Gasteiger partial charge >= 0.3 is 0 Å². The molecule has 0 atom stereocenters. The minimum absolute atomic E-state index is 0.00191. The Morgan fingerprint density at radius 2 is 1.82 bits per heavy atom. The van der Waals surface area contributed by atoms with Crippen molar-refractivity contribution >= 4 is 17.5 Å². The number of carbonyl (C=O) groups is 2. The van der Waals surface area contributed by atoms with Crippen molar-refractivity contribution in [3.05, 3.63) is 59.9 Å². The summed E-state index contributed by atoms with van der Waals surface area (Å²) in [5, 5.41) is 0. The van der Waals surface area contributed by atoms with Gasteiger partial charge in [-0.3, -0.25) is 14.5 Å². The molecule has 8 nitrogen and oxygen atoms in total. The van der Waals surface area contributed by atoms with E-state index >= 15 is 0 Å².